The molecule has 2 rings (SSSR count). The third-order valence-corrected chi connectivity index (χ3v) is 4.08. The summed E-state index contributed by atoms with van der Waals surface area (Å²) in [5.41, 5.74) is 0.501. The number of benzene rings is 1. The van der Waals surface area contributed by atoms with Crippen LogP contribution in [0.4, 0.5) is 0 Å². The molecule has 0 heterocycles. The fourth-order valence-electron chi connectivity index (χ4n) is 2.61. The van der Waals surface area contributed by atoms with Crippen molar-refractivity contribution < 1.29 is 14.6 Å². The highest BCUT2D eigenvalue weighted by Gasteiger charge is 2.23. The van der Waals surface area contributed by atoms with Gasteiger partial charge in [-0.2, -0.15) is 0 Å². The number of hydrogen-bond acceptors (Lipinski definition) is 3. The minimum atomic E-state index is -0.133. The zero-order chi connectivity index (χ0) is 14.5. The number of halogens is 1. The Kier molecular flexibility index (Phi) is 5.26. The van der Waals surface area contributed by atoms with Crippen molar-refractivity contribution in [3.63, 3.8) is 0 Å². The van der Waals surface area contributed by atoms with Gasteiger partial charge in [-0.25, -0.2) is 0 Å². The molecule has 4 nitrogen and oxygen atoms in total. The van der Waals surface area contributed by atoms with Crippen molar-refractivity contribution in [2.45, 2.75) is 31.7 Å². The molecule has 1 aliphatic carbocycles. The summed E-state index contributed by atoms with van der Waals surface area (Å²) in [7, 11) is 1.52. The van der Waals surface area contributed by atoms with E-state index in [9.17, 15) is 4.79 Å². The quantitative estimate of drug-likeness (QED) is 0.898. The van der Waals surface area contributed by atoms with Gasteiger partial charge in [0.1, 0.15) is 5.75 Å². The highest BCUT2D eigenvalue weighted by Crippen LogP contribution is 2.26. The van der Waals surface area contributed by atoms with Gasteiger partial charge < -0.3 is 15.2 Å². The molecule has 5 heteroatoms. The van der Waals surface area contributed by atoms with Crippen molar-refractivity contribution >= 4 is 17.5 Å². The number of aliphatic hydroxyl groups is 1. The van der Waals surface area contributed by atoms with E-state index in [2.05, 4.69) is 5.32 Å². The van der Waals surface area contributed by atoms with Crippen LogP contribution in [0.1, 0.15) is 36.0 Å². The lowest BCUT2D eigenvalue weighted by atomic mass is 9.86. The monoisotopic (exact) mass is 297 g/mol. The third-order valence-electron chi connectivity index (χ3n) is 3.85. The lowest BCUT2D eigenvalue weighted by molar-refractivity contribution is 0.0911. The molecule has 0 aromatic heterocycles. The molecule has 0 atom stereocenters. The molecule has 1 aliphatic rings. The number of hydrogen-bond donors (Lipinski definition) is 2. The predicted octanol–water partition coefficient (Wildman–Crippen LogP) is 2.63. The first-order valence-corrected chi connectivity index (χ1v) is 7.27. The molecule has 20 heavy (non-hydrogen) atoms. The number of nitrogens with one attached hydrogen (secondary N) is 1. The number of aliphatic hydroxyl groups excluding tert-OH is 1. The summed E-state index contributed by atoms with van der Waals surface area (Å²) in [6.45, 7) is 0.242. The maximum absolute atomic E-state index is 12.3. The van der Waals surface area contributed by atoms with Crippen molar-refractivity contribution in [1.29, 1.82) is 0 Å². The molecule has 1 aromatic carbocycles. The molecule has 110 valence electrons. The molecule has 1 fully saturated rings. The van der Waals surface area contributed by atoms with Gasteiger partial charge in [-0.3, -0.25) is 4.79 Å². The lowest BCUT2D eigenvalue weighted by Gasteiger charge is -2.28. The summed E-state index contributed by atoms with van der Waals surface area (Å²) < 4.78 is 5.19. The van der Waals surface area contributed by atoms with Crippen LogP contribution in [-0.4, -0.2) is 30.8 Å². The minimum Gasteiger partial charge on any atom is -0.496 e. The van der Waals surface area contributed by atoms with Crippen LogP contribution in [0.25, 0.3) is 0 Å². The molecule has 2 N–H and O–H groups in total. The van der Waals surface area contributed by atoms with E-state index >= 15 is 0 Å². The first kappa shape index (κ1) is 15.1. The Bertz CT molecular complexity index is 470. The topological polar surface area (TPSA) is 58.6 Å². The molecule has 0 bridgehead atoms. The number of ether oxygens (including phenoxy) is 1. The van der Waals surface area contributed by atoms with Gasteiger partial charge in [-0.15, -0.1) is 0 Å². The molecule has 0 spiro atoms. The summed E-state index contributed by atoms with van der Waals surface area (Å²) in [5.74, 6) is 0.734. The van der Waals surface area contributed by atoms with Crippen LogP contribution in [0.5, 0.6) is 5.75 Å². The van der Waals surface area contributed by atoms with E-state index in [1.54, 1.807) is 18.2 Å². The van der Waals surface area contributed by atoms with Crippen LogP contribution >= 0.6 is 11.6 Å². The summed E-state index contributed by atoms with van der Waals surface area (Å²) in [6.07, 6.45) is 3.73. The maximum Gasteiger partial charge on any atom is 0.255 e. The van der Waals surface area contributed by atoms with E-state index in [-0.39, 0.29) is 18.6 Å². The van der Waals surface area contributed by atoms with Crippen LogP contribution < -0.4 is 10.1 Å². The Hall–Kier alpha value is -1.26. The predicted molar refractivity (Wildman–Crippen MR) is 78.3 cm³/mol. The summed E-state index contributed by atoms with van der Waals surface area (Å²) >= 11 is 5.89. The van der Waals surface area contributed by atoms with Gasteiger partial charge in [-0.05, 0) is 49.8 Å². The number of amides is 1. The molecular weight excluding hydrogens is 278 g/mol. The van der Waals surface area contributed by atoms with Crippen molar-refractivity contribution in [1.82, 2.24) is 5.32 Å². The summed E-state index contributed by atoms with van der Waals surface area (Å²) in [6, 6.07) is 5.17. The molecule has 0 aliphatic heterocycles. The van der Waals surface area contributed by atoms with Gasteiger partial charge in [-0.1, -0.05) is 11.6 Å². The lowest BCUT2D eigenvalue weighted by Crippen LogP contribution is -2.38. The highest BCUT2D eigenvalue weighted by atomic mass is 35.5. The Morgan fingerprint density at radius 3 is 2.70 bits per heavy atom. The standard InChI is InChI=1S/C15H20ClNO3/c1-20-14-8-11(16)4-7-13(14)15(19)17-12-5-2-10(9-18)3-6-12/h4,7-8,10,12,18H,2-3,5-6,9H2,1H3,(H,17,19). The first-order valence-electron chi connectivity index (χ1n) is 6.89. The molecular formula is C15H20ClNO3. The SMILES string of the molecule is COc1cc(Cl)ccc1C(=O)NC1CCC(CO)CC1. The molecule has 0 unspecified atom stereocenters. The van der Waals surface area contributed by atoms with E-state index in [1.807, 2.05) is 0 Å². The molecule has 0 radical (unpaired) electrons. The number of methoxy groups -OCH3 is 1. The minimum absolute atomic E-state index is 0.133. The Morgan fingerprint density at radius 1 is 1.40 bits per heavy atom. The van der Waals surface area contributed by atoms with Crippen LogP contribution in [-0.2, 0) is 0 Å². The second kappa shape index (κ2) is 6.95. The largest absolute Gasteiger partial charge is 0.496 e. The van der Waals surface area contributed by atoms with Gasteiger partial charge >= 0.3 is 0 Å². The van der Waals surface area contributed by atoms with Gasteiger partial charge in [0.25, 0.3) is 5.91 Å². The van der Waals surface area contributed by atoms with Crippen molar-refractivity contribution in [3.05, 3.63) is 28.8 Å². The Morgan fingerprint density at radius 2 is 2.10 bits per heavy atom. The maximum atomic E-state index is 12.3. The smallest absolute Gasteiger partial charge is 0.255 e. The van der Waals surface area contributed by atoms with Gasteiger partial charge in [0.2, 0.25) is 0 Å². The zero-order valence-corrected chi connectivity index (χ0v) is 12.3. The van der Waals surface area contributed by atoms with Crippen molar-refractivity contribution in [3.8, 4) is 5.75 Å². The van der Waals surface area contributed by atoms with E-state index < -0.39 is 0 Å². The number of rotatable bonds is 4. The molecule has 1 aromatic rings. The van der Waals surface area contributed by atoms with Crippen LogP contribution in [0.3, 0.4) is 0 Å². The van der Waals surface area contributed by atoms with Crippen LogP contribution in [0.2, 0.25) is 5.02 Å². The number of carbonyl (C=O) groups excluding carboxylic acids is 1. The van der Waals surface area contributed by atoms with Gasteiger partial charge in [0.05, 0.1) is 12.7 Å². The van der Waals surface area contributed by atoms with Crippen molar-refractivity contribution in [2.75, 3.05) is 13.7 Å². The third kappa shape index (κ3) is 3.64. The molecule has 1 amide bonds. The van der Waals surface area contributed by atoms with E-state index in [0.29, 0.717) is 22.3 Å². The second-order valence-corrected chi connectivity index (χ2v) is 5.65. The first-order chi connectivity index (χ1) is 9.63. The normalized spacial score (nSPS) is 22.4. The van der Waals surface area contributed by atoms with E-state index in [0.717, 1.165) is 25.7 Å². The molecule has 1 saturated carbocycles. The Balaban J connectivity index is 1.98. The number of carbonyl (C=O) groups is 1. The van der Waals surface area contributed by atoms with E-state index in [1.165, 1.54) is 7.11 Å². The summed E-state index contributed by atoms with van der Waals surface area (Å²) in [5, 5.41) is 12.7. The van der Waals surface area contributed by atoms with Gasteiger partial charge in [0, 0.05) is 17.7 Å². The fraction of sp³-hybridized carbons (Fsp3) is 0.533. The highest BCUT2D eigenvalue weighted by molar-refractivity contribution is 6.30. The van der Waals surface area contributed by atoms with E-state index in [4.69, 9.17) is 21.4 Å². The average Bonchev–Trinajstić information content (AvgIpc) is 2.47. The average molecular weight is 298 g/mol. The van der Waals surface area contributed by atoms with Crippen molar-refractivity contribution in [2.24, 2.45) is 5.92 Å². The molecule has 0 saturated heterocycles. The second-order valence-electron chi connectivity index (χ2n) is 5.22. The summed E-state index contributed by atoms with van der Waals surface area (Å²) in [4.78, 5) is 12.3. The van der Waals surface area contributed by atoms with Crippen LogP contribution in [0.15, 0.2) is 18.2 Å². The zero-order valence-electron chi connectivity index (χ0n) is 11.6. The fourth-order valence-corrected chi connectivity index (χ4v) is 2.77. The Labute approximate surface area is 124 Å². The van der Waals surface area contributed by atoms with Gasteiger partial charge in [0.15, 0.2) is 0 Å². The van der Waals surface area contributed by atoms with Crippen LogP contribution in [0, 0.1) is 5.92 Å².